The van der Waals surface area contributed by atoms with Crippen LogP contribution in [0.5, 0.6) is 0 Å². The molecule has 1 aliphatic carbocycles. The molecule has 1 saturated carbocycles. The zero-order valence-electron chi connectivity index (χ0n) is 24.4. The Labute approximate surface area is 241 Å². The summed E-state index contributed by atoms with van der Waals surface area (Å²) in [5.41, 5.74) is 3.07. The first-order valence-electron chi connectivity index (χ1n) is 14.0. The standard InChI is InChI=1S/C29H33N3O3.C3H7NO2/c1-20(21-9-11-22(12-10-21)25-15-16-26(31-30-25)23-13-14-23)32-18-17-29(35-27(32)33,19-28(2,3)34)24-7-5-4-6-8-24;1-4(2)3(5)6/h4-12,15-16,20,23,34H,13-14,17-19H2,1-3H3;1-2H3,(H,5,6)/t20-,29-;/m0./s1. The van der Waals surface area contributed by atoms with Gasteiger partial charge >= 0.3 is 12.2 Å². The summed E-state index contributed by atoms with van der Waals surface area (Å²) < 4.78 is 6.13. The second-order valence-electron chi connectivity index (χ2n) is 11.8. The smallest absolute Gasteiger partial charge is 0.411 e. The minimum Gasteiger partial charge on any atom is -0.465 e. The zero-order chi connectivity index (χ0) is 29.8. The van der Waals surface area contributed by atoms with E-state index in [1.807, 2.05) is 67.6 Å². The van der Waals surface area contributed by atoms with E-state index in [0.717, 1.165) is 33.0 Å². The number of rotatable bonds is 7. The van der Waals surface area contributed by atoms with Crippen LogP contribution < -0.4 is 0 Å². The number of benzene rings is 2. The van der Waals surface area contributed by atoms with Crippen molar-refractivity contribution in [3.63, 3.8) is 0 Å². The van der Waals surface area contributed by atoms with Crippen molar-refractivity contribution in [2.75, 3.05) is 20.6 Å². The third kappa shape index (κ3) is 7.61. The van der Waals surface area contributed by atoms with Crippen molar-refractivity contribution in [3.05, 3.63) is 83.6 Å². The molecule has 2 fully saturated rings. The van der Waals surface area contributed by atoms with Crippen molar-refractivity contribution in [3.8, 4) is 11.3 Å². The van der Waals surface area contributed by atoms with E-state index in [9.17, 15) is 14.7 Å². The highest BCUT2D eigenvalue weighted by molar-refractivity contribution is 5.70. The van der Waals surface area contributed by atoms with E-state index in [1.165, 1.54) is 26.9 Å². The van der Waals surface area contributed by atoms with Gasteiger partial charge in [-0.2, -0.15) is 10.2 Å². The Morgan fingerprint density at radius 2 is 1.71 bits per heavy atom. The van der Waals surface area contributed by atoms with Crippen LogP contribution in [0.3, 0.4) is 0 Å². The number of carboxylic acid groups (broad SMARTS) is 1. The summed E-state index contributed by atoms with van der Waals surface area (Å²) in [6, 6.07) is 21.9. The molecule has 2 amide bonds. The van der Waals surface area contributed by atoms with E-state index < -0.39 is 17.3 Å². The van der Waals surface area contributed by atoms with Crippen LogP contribution in [0.15, 0.2) is 66.7 Å². The first kappa shape index (κ1) is 30.0. The van der Waals surface area contributed by atoms with Gasteiger partial charge in [-0.25, -0.2) is 9.59 Å². The molecule has 1 aromatic heterocycles. The number of ether oxygens (including phenoxy) is 1. The Morgan fingerprint density at radius 1 is 1.07 bits per heavy atom. The SMILES string of the molecule is CN(C)C(=O)O.C[C@@H](c1ccc(-c2ccc(C3CC3)nn2)cc1)N1CC[C@](CC(C)(C)O)(c2ccccc2)OC1=O. The largest absolute Gasteiger partial charge is 0.465 e. The Hall–Kier alpha value is -3.98. The fraction of sp³-hybridized carbons (Fsp3) is 0.438. The molecule has 9 heteroatoms. The van der Waals surface area contributed by atoms with Crippen LogP contribution in [0.2, 0.25) is 0 Å². The molecule has 3 aromatic rings. The highest BCUT2D eigenvalue weighted by Crippen LogP contribution is 2.42. The fourth-order valence-corrected chi connectivity index (χ4v) is 5.10. The molecule has 1 aliphatic heterocycles. The van der Waals surface area contributed by atoms with E-state index in [4.69, 9.17) is 9.84 Å². The monoisotopic (exact) mass is 560 g/mol. The number of amides is 2. The first-order chi connectivity index (χ1) is 19.4. The summed E-state index contributed by atoms with van der Waals surface area (Å²) in [6.45, 7) is 6.07. The molecule has 0 unspecified atom stereocenters. The molecular weight excluding hydrogens is 520 g/mol. The van der Waals surface area contributed by atoms with Crippen LogP contribution in [0.1, 0.15) is 75.2 Å². The summed E-state index contributed by atoms with van der Waals surface area (Å²) in [5, 5.41) is 27.3. The van der Waals surface area contributed by atoms with E-state index in [0.29, 0.717) is 25.3 Å². The lowest BCUT2D eigenvalue weighted by molar-refractivity contribution is -0.101. The van der Waals surface area contributed by atoms with Gasteiger partial charge in [0.2, 0.25) is 0 Å². The Bertz CT molecular complexity index is 1320. The van der Waals surface area contributed by atoms with Gasteiger partial charge in [-0.05, 0) is 56.9 Å². The van der Waals surface area contributed by atoms with Crippen molar-refractivity contribution in [1.82, 2.24) is 20.0 Å². The van der Waals surface area contributed by atoms with Gasteiger partial charge in [0.05, 0.1) is 23.0 Å². The molecule has 41 heavy (non-hydrogen) atoms. The maximum atomic E-state index is 13.3. The molecule has 5 rings (SSSR count). The summed E-state index contributed by atoms with van der Waals surface area (Å²) in [7, 11) is 2.95. The zero-order valence-corrected chi connectivity index (χ0v) is 24.4. The molecule has 2 aliphatic rings. The van der Waals surface area contributed by atoms with E-state index in [2.05, 4.69) is 16.3 Å². The van der Waals surface area contributed by atoms with E-state index in [1.54, 1.807) is 18.7 Å². The summed E-state index contributed by atoms with van der Waals surface area (Å²) >= 11 is 0. The van der Waals surface area contributed by atoms with Crippen LogP contribution in [0, 0.1) is 0 Å². The van der Waals surface area contributed by atoms with Gasteiger partial charge in [-0.3, -0.25) is 0 Å². The van der Waals surface area contributed by atoms with Crippen molar-refractivity contribution < 1.29 is 24.5 Å². The van der Waals surface area contributed by atoms with Crippen molar-refractivity contribution in [1.29, 1.82) is 0 Å². The van der Waals surface area contributed by atoms with Crippen molar-refractivity contribution in [2.24, 2.45) is 0 Å². The lowest BCUT2D eigenvalue weighted by Crippen LogP contribution is -2.51. The molecule has 2 aromatic carbocycles. The molecule has 2 N–H and O–H groups in total. The van der Waals surface area contributed by atoms with Gasteiger partial charge in [0.15, 0.2) is 0 Å². The summed E-state index contributed by atoms with van der Waals surface area (Å²) in [5.74, 6) is 0.591. The van der Waals surface area contributed by atoms with E-state index >= 15 is 0 Å². The quantitative estimate of drug-likeness (QED) is 0.353. The number of carbonyl (C=O) groups is 2. The second-order valence-corrected chi connectivity index (χ2v) is 11.8. The topological polar surface area (TPSA) is 116 Å². The predicted octanol–water partition coefficient (Wildman–Crippen LogP) is 6.21. The maximum Gasteiger partial charge on any atom is 0.411 e. The molecule has 0 spiro atoms. The van der Waals surface area contributed by atoms with Crippen LogP contribution >= 0.6 is 0 Å². The third-order valence-corrected chi connectivity index (χ3v) is 7.51. The normalized spacial score (nSPS) is 19.5. The molecule has 218 valence electrons. The van der Waals surface area contributed by atoms with Crippen molar-refractivity contribution in [2.45, 2.75) is 69.6 Å². The minimum absolute atomic E-state index is 0.143. The average molecular weight is 561 g/mol. The van der Waals surface area contributed by atoms with Crippen LogP contribution in [0.4, 0.5) is 9.59 Å². The highest BCUT2D eigenvalue weighted by atomic mass is 16.6. The molecule has 9 nitrogen and oxygen atoms in total. The number of hydrogen-bond donors (Lipinski definition) is 2. The van der Waals surface area contributed by atoms with Crippen LogP contribution in [-0.4, -0.2) is 68.6 Å². The lowest BCUT2D eigenvalue weighted by atomic mass is 9.80. The van der Waals surface area contributed by atoms with Crippen LogP contribution in [0.25, 0.3) is 11.3 Å². The Balaban J connectivity index is 0.000000585. The van der Waals surface area contributed by atoms with Gasteiger partial charge in [0, 0.05) is 45.0 Å². The Morgan fingerprint density at radius 3 is 2.20 bits per heavy atom. The van der Waals surface area contributed by atoms with Gasteiger partial charge in [-0.15, -0.1) is 0 Å². The number of hydrogen-bond acceptors (Lipinski definition) is 6. The molecule has 2 heterocycles. The van der Waals surface area contributed by atoms with Gasteiger partial charge in [0.25, 0.3) is 0 Å². The molecule has 2 atom stereocenters. The van der Waals surface area contributed by atoms with Gasteiger partial charge < -0.3 is 24.7 Å². The molecule has 0 radical (unpaired) electrons. The number of carbonyl (C=O) groups excluding carboxylic acids is 1. The molecular formula is C32H40N4O5. The predicted molar refractivity (Wildman–Crippen MR) is 156 cm³/mol. The average Bonchev–Trinajstić information content (AvgIpc) is 3.79. The lowest BCUT2D eigenvalue weighted by Gasteiger charge is -2.45. The number of nitrogens with zero attached hydrogens (tertiary/aromatic N) is 4. The van der Waals surface area contributed by atoms with Gasteiger partial charge in [0.1, 0.15) is 5.60 Å². The van der Waals surface area contributed by atoms with Crippen LogP contribution in [-0.2, 0) is 10.3 Å². The number of aromatic nitrogens is 2. The Kier molecular flexibility index (Phi) is 8.97. The van der Waals surface area contributed by atoms with Crippen molar-refractivity contribution >= 4 is 12.2 Å². The summed E-state index contributed by atoms with van der Waals surface area (Å²) in [4.78, 5) is 25.7. The number of cyclic esters (lactones) is 1. The first-order valence-corrected chi connectivity index (χ1v) is 14.0. The second kappa shape index (κ2) is 12.3. The number of aliphatic hydroxyl groups is 1. The molecule has 1 saturated heterocycles. The fourth-order valence-electron chi connectivity index (χ4n) is 5.10. The highest BCUT2D eigenvalue weighted by Gasteiger charge is 2.46. The summed E-state index contributed by atoms with van der Waals surface area (Å²) in [6.07, 6.45) is 2.11. The van der Waals surface area contributed by atoms with Gasteiger partial charge in [-0.1, -0.05) is 54.6 Å². The third-order valence-electron chi connectivity index (χ3n) is 7.51. The minimum atomic E-state index is -0.973. The maximum absolute atomic E-state index is 13.3. The molecule has 0 bridgehead atoms. The van der Waals surface area contributed by atoms with E-state index in [-0.39, 0.29) is 12.1 Å².